The third kappa shape index (κ3) is 2.47. The Morgan fingerprint density at radius 3 is 2.79 bits per heavy atom. The highest BCUT2D eigenvalue weighted by atomic mass is 79.9. The average Bonchev–Trinajstić information content (AvgIpc) is 2.69. The van der Waals surface area contributed by atoms with Gasteiger partial charge in [-0.1, -0.05) is 0 Å². The lowest BCUT2D eigenvalue weighted by atomic mass is 10.1. The van der Waals surface area contributed by atoms with E-state index in [1.807, 2.05) is 0 Å². The van der Waals surface area contributed by atoms with Gasteiger partial charge in [-0.25, -0.2) is 9.18 Å². The van der Waals surface area contributed by atoms with Crippen molar-refractivity contribution in [2.45, 2.75) is 6.42 Å². The summed E-state index contributed by atoms with van der Waals surface area (Å²) in [5.41, 5.74) is -0.116. The number of hydrogen-bond donors (Lipinski definition) is 1. The minimum Gasteiger partial charge on any atom is -0.478 e. The molecule has 0 spiro atoms. The van der Waals surface area contributed by atoms with Crippen molar-refractivity contribution in [2.24, 2.45) is 5.92 Å². The first-order valence-corrected chi connectivity index (χ1v) is 6.22. The van der Waals surface area contributed by atoms with Crippen LogP contribution in [0.4, 0.5) is 10.1 Å². The van der Waals surface area contributed by atoms with Gasteiger partial charge in [0.15, 0.2) is 0 Å². The van der Waals surface area contributed by atoms with Crippen LogP contribution in [0, 0.1) is 24.1 Å². The van der Waals surface area contributed by atoms with E-state index in [1.54, 1.807) is 0 Å². The molecule has 6 heteroatoms. The molecule has 1 aromatic carbocycles. The Kier molecular flexibility index (Phi) is 3.58. The van der Waals surface area contributed by atoms with E-state index in [-0.39, 0.29) is 40.5 Å². The molecule has 1 aliphatic heterocycles. The number of carbonyl (C=O) groups is 2. The van der Waals surface area contributed by atoms with Crippen LogP contribution >= 0.6 is 15.9 Å². The largest absolute Gasteiger partial charge is 0.478 e. The number of benzene rings is 1. The van der Waals surface area contributed by atoms with Crippen molar-refractivity contribution < 1.29 is 19.1 Å². The molecule has 98 valence electrons. The monoisotopic (exact) mass is 325 g/mol. The van der Waals surface area contributed by atoms with Crippen molar-refractivity contribution in [1.82, 2.24) is 0 Å². The number of hydrogen-bond acceptors (Lipinski definition) is 2. The average molecular weight is 326 g/mol. The SMILES string of the molecule is C#CC1CC(=O)N(c2c(Br)cc(F)cc2C(=O)O)C1. The molecule has 19 heavy (non-hydrogen) atoms. The minimum atomic E-state index is -1.30. The van der Waals surface area contributed by atoms with Gasteiger partial charge in [-0.05, 0) is 28.1 Å². The predicted molar refractivity (Wildman–Crippen MR) is 70.4 cm³/mol. The first-order valence-electron chi connectivity index (χ1n) is 5.43. The number of terminal acetylenes is 1. The highest BCUT2D eigenvalue weighted by Crippen LogP contribution is 2.35. The third-order valence-corrected chi connectivity index (χ3v) is 3.49. The lowest BCUT2D eigenvalue weighted by molar-refractivity contribution is -0.117. The zero-order chi connectivity index (χ0) is 14.2. The number of amides is 1. The predicted octanol–water partition coefficient (Wildman–Crippen LogP) is 2.27. The molecular weight excluding hydrogens is 317 g/mol. The number of aromatic carboxylic acids is 1. The number of carboxylic acids is 1. The Bertz CT molecular complexity index is 609. The van der Waals surface area contributed by atoms with E-state index in [0.29, 0.717) is 0 Å². The van der Waals surface area contributed by atoms with Crippen LogP contribution in [0.1, 0.15) is 16.8 Å². The summed E-state index contributed by atoms with van der Waals surface area (Å²) in [6.45, 7) is 0.236. The summed E-state index contributed by atoms with van der Waals surface area (Å²) in [4.78, 5) is 24.3. The van der Waals surface area contributed by atoms with Gasteiger partial charge in [0.2, 0.25) is 5.91 Å². The Morgan fingerprint density at radius 1 is 1.58 bits per heavy atom. The van der Waals surface area contributed by atoms with Gasteiger partial charge < -0.3 is 10.0 Å². The van der Waals surface area contributed by atoms with Crippen molar-refractivity contribution in [3.8, 4) is 12.3 Å². The Hall–Kier alpha value is -1.87. The van der Waals surface area contributed by atoms with Gasteiger partial charge in [0.1, 0.15) is 5.82 Å². The number of nitrogens with zero attached hydrogens (tertiary/aromatic N) is 1. The number of halogens is 2. The zero-order valence-corrected chi connectivity index (χ0v) is 11.3. The van der Waals surface area contributed by atoms with E-state index in [1.165, 1.54) is 4.90 Å². The first kappa shape index (κ1) is 13.6. The molecule has 0 aliphatic carbocycles. The summed E-state index contributed by atoms with van der Waals surface area (Å²) < 4.78 is 13.5. The van der Waals surface area contributed by atoms with Crippen molar-refractivity contribution in [2.75, 3.05) is 11.4 Å². The van der Waals surface area contributed by atoms with Gasteiger partial charge in [-0.15, -0.1) is 12.3 Å². The minimum absolute atomic E-state index is 0.150. The van der Waals surface area contributed by atoms with Crippen LogP contribution in [0.15, 0.2) is 16.6 Å². The van der Waals surface area contributed by atoms with Gasteiger partial charge in [0.25, 0.3) is 0 Å². The molecule has 0 aromatic heterocycles. The lowest BCUT2D eigenvalue weighted by Gasteiger charge is -2.20. The summed E-state index contributed by atoms with van der Waals surface area (Å²) in [5.74, 6) is -0.0357. The maximum Gasteiger partial charge on any atom is 0.337 e. The molecule has 2 rings (SSSR count). The van der Waals surface area contributed by atoms with Gasteiger partial charge in [-0.3, -0.25) is 4.79 Å². The van der Waals surface area contributed by atoms with E-state index in [0.717, 1.165) is 12.1 Å². The Labute approximate surface area is 117 Å². The molecule has 1 heterocycles. The fourth-order valence-electron chi connectivity index (χ4n) is 2.04. The molecule has 1 aliphatic rings. The third-order valence-electron chi connectivity index (χ3n) is 2.89. The Balaban J connectivity index is 2.54. The number of carbonyl (C=O) groups excluding carboxylic acids is 1. The Morgan fingerprint density at radius 2 is 2.26 bits per heavy atom. The van der Waals surface area contributed by atoms with E-state index in [9.17, 15) is 14.0 Å². The second kappa shape index (κ2) is 5.02. The second-order valence-corrected chi connectivity index (χ2v) is 5.02. The van der Waals surface area contributed by atoms with Crippen LogP contribution in [0.5, 0.6) is 0 Å². The molecule has 1 N–H and O–H groups in total. The topological polar surface area (TPSA) is 57.6 Å². The molecule has 1 aromatic rings. The fourth-order valence-corrected chi connectivity index (χ4v) is 2.69. The number of rotatable bonds is 2. The van der Waals surface area contributed by atoms with Gasteiger partial charge >= 0.3 is 5.97 Å². The van der Waals surface area contributed by atoms with E-state index < -0.39 is 11.8 Å². The highest BCUT2D eigenvalue weighted by Gasteiger charge is 2.33. The molecular formula is C13H9BrFNO3. The van der Waals surface area contributed by atoms with Crippen LogP contribution in [0.25, 0.3) is 0 Å². The molecule has 0 saturated carbocycles. The molecule has 1 amide bonds. The normalized spacial score (nSPS) is 18.5. The molecule has 1 unspecified atom stereocenters. The van der Waals surface area contributed by atoms with Gasteiger partial charge in [0, 0.05) is 23.4 Å². The summed E-state index contributed by atoms with van der Waals surface area (Å²) in [6.07, 6.45) is 5.45. The molecule has 1 atom stereocenters. The maximum atomic E-state index is 13.3. The standard InChI is InChI=1S/C13H9BrFNO3/c1-2-7-3-11(17)16(6-7)12-9(13(18)19)4-8(15)5-10(12)14/h1,4-5,7H,3,6H2,(H,18,19). The lowest BCUT2D eigenvalue weighted by Crippen LogP contribution is -2.27. The highest BCUT2D eigenvalue weighted by molar-refractivity contribution is 9.10. The fraction of sp³-hybridized carbons (Fsp3) is 0.231. The van der Waals surface area contributed by atoms with Crippen molar-refractivity contribution >= 4 is 33.5 Å². The molecule has 0 bridgehead atoms. The van der Waals surface area contributed by atoms with Crippen LogP contribution in [0.2, 0.25) is 0 Å². The van der Waals surface area contributed by atoms with Crippen LogP contribution in [0.3, 0.4) is 0 Å². The zero-order valence-electron chi connectivity index (χ0n) is 9.69. The first-order chi connectivity index (χ1) is 8.93. The quantitative estimate of drug-likeness (QED) is 0.849. The maximum absolute atomic E-state index is 13.3. The summed E-state index contributed by atoms with van der Waals surface area (Å²) in [6, 6.07) is 2.01. The molecule has 1 fully saturated rings. The van der Waals surface area contributed by atoms with Crippen molar-refractivity contribution in [3.05, 3.63) is 28.0 Å². The van der Waals surface area contributed by atoms with Crippen molar-refractivity contribution in [1.29, 1.82) is 0 Å². The van der Waals surface area contributed by atoms with Crippen LogP contribution in [-0.4, -0.2) is 23.5 Å². The van der Waals surface area contributed by atoms with Gasteiger partial charge in [-0.2, -0.15) is 0 Å². The number of carboxylic acid groups (broad SMARTS) is 1. The molecule has 0 radical (unpaired) electrons. The molecule has 1 saturated heterocycles. The van der Waals surface area contributed by atoms with Crippen LogP contribution in [-0.2, 0) is 4.79 Å². The summed E-state index contributed by atoms with van der Waals surface area (Å²) >= 11 is 3.10. The molecule has 4 nitrogen and oxygen atoms in total. The van der Waals surface area contributed by atoms with E-state index >= 15 is 0 Å². The van der Waals surface area contributed by atoms with E-state index in [4.69, 9.17) is 11.5 Å². The second-order valence-electron chi connectivity index (χ2n) is 4.16. The number of anilines is 1. The van der Waals surface area contributed by atoms with Gasteiger partial charge in [0.05, 0.1) is 11.3 Å². The summed E-state index contributed by atoms with van der Waals surface area (Å²) in [7, 11) is 0. The van der Waals surface area contributed by atoms with Crippen LogP contribution < -0.4 is 4.90 Å². The van der Waals surface area contributed by atoms with E-state index in [2.05, 4.69) is 21.9 Å². The summed E-state index contributed by atoms with van der Waals surface area (Å²) in [5, 5.41) is 9.12. The van der Waals surface area contributed by atoms with Crippen molar-refractivity contribution in [3.63, 3.8) is 0 Å². The smallest absolute Gasteiger partial charge is 0.337 e.